The minimum atomic E-state index is 0.871. The van der Waals surface area contributed by atoms with Crippen molar-refractivity contribution >= 4 is 0 Å². The number of rotatable bonds is 5. The summed E-state index contributed by atoms with van der Waals surface area (Å²) < 4.78 is 0. The molecule has 1 fully saturated rings. The molecule has 0 aromatic heterocycles. The van der Waals surface area contributed by atoms with Crippen LogP contribution in [0.25, 0.3) is 0 Å². The number of hydrogen-bond acceptors (Lipinski definition) is 2. The largest absolute Gasteiger partial charge is 0.316 e. The molecule has 0 unspecified atom stereocenters. The third-order valence-corrected chi connectivity index (χ3v) is 4.15. The van der Waals surface area contributed by atoms with E-state index in [-0.39, 0.29) is 0 Å². The Labute approximate surface area is 111 Å². The Bertz CT molecular complexity index is 408. The maximum Gasteiger partial charge on any atom is 0.00311 e. The summed E-state index contributed by atoms with van der Waals surface area (Å²) in [6.45, 7) is 11.4. The maximum atomic E-state index is 3.34. The van der Waals surface area contributed by atoms with Crippen LogP contribution >= 0.6 is 0 Å². The Morgan fingerprint density at radius 1 is 1.11 bits per heavy atom. The van der Waals surface area contributed by atoms with Gasteiger partial charge in [0.05, 0.1) is 0 Å². The van der Waals surface area contributed by atoms with Crippen LogP contribution in [0.15, 0.2) is 12.1 Å². The van der Waals surface area contributed by atoms with Gasteiger partial charge in [-0.1, -0.05) is 12.1 Å². The Kier molecular flexibility index (Phi) is 4.41. The third-order valence-electron chi connectivity index (χ3n) is 4.15. The van der Waals surface area contributed by atoms with Crippen molar-refractivity contribution in [3.05, 3.63) is 34.4 Å². The van der Waals surface area contributed by atoms with E-state index in [9.17, 15) is 0 Å². The zero-order valence-corrected chi connectivity index (χ0v) is 12.2. The molecule has 0 amide bonds. The summed E-state index contributed by atoms with van der Waals surface area (Å²) in [4.78, 5) is 2.47. The fourth-order valence-electron chi connectivity index (χ4n) is 2.61. The van der Waals surface area contributed by atoms with Crippen molar-refractivity contribution in [2.75, 3.05) is 33.2 Å². The van der Waals surface area contributed by atoms with E-state index < -0.39 is 0 Å². The number of aryl methyl sites for hydroxylation is 3. The topological polar surface area (TPSA) is 15.3 Å². The highest BCUT2D eigenvalue weighted by molar-refractivity contribution is 5.36. The van der Waals surface area contributed by atoms with Gasteiger partial charge in [0.25, 0.3) is 0 Å². The zero-order valence-electron chi connectivity index (χ0n) is 12.2. The van der Waals surface area contributed by atoms with Crippen molar-refractivity contribution in [2.24, 2.45) is 5.92 Å². The first-order valence-electron chi connectivity index (χ1n) is 7.02. The van der Waals surface area contributed by atoms with Crippen LogP contribution in [0, 0.1) is 26.7 Å². The minimum absolute atomic E-state index is 0.871. The average Bonchev–Trinajstić information content (AvgIpc) is 2.27. The summed E-state index contributed by atoms with van der Waals surface area (Å²) in [5.74, 6) is 0.871. The van der Waals surface area contributed by atoms with Gasteiger partial charge in [-0.15, -0.1) is 0 Å². The monoisotopic (exact) mass is 246 g/mol. The molecule has 0 aliphatic carbocycles. The molecule has 1 heterocycles. The van der Waals surface area contributed by atoms with E-state index in [1.54, 1.807) is 0 Å². The van der Waals surface area contributed by atoms with Gasteiger partial charge in [-0.05, 0) is 62.4 Å². The second kappa shape index (κ2) is 5.85. The Morgan fingerprint density at radius 2 is 1.78 bits per heavy atom. The summed E-state index contributed by atoms with van der Waals surface area (Å²) in [6.07, 6.45) is 1.17. The van der Waals surface area contributed by atoms with E-state index in [2.05, 4.69) is 50.2 Å². The lowest BCUT2D eigenvalue weighted by atomic mass is 9.98. The first kappa shape index (κ1) is 13.6. The van der Waals surface area contributed by atoms with E-state index in [0.29, 0.717) is 0 Å². The lowest BCUT2D eigenvalue weighted by molar-refractivity contribution is 0.226. The summed E-state index contributed by atoms with van der Waals surface area (Å²) in [5.41, 5.74) is 5.78. The summed E-state index contributed by atoms with van der Waals surface area (Å²) in [5, 5.41) is 3.34. The molecule has 100 valence electrons. The molecule has 18 heavy (non-hydrogen) atoms. The lowest BCUT2D eigenvalue weighted by Gasteiger charge is -2.31. The number of likely N-dealkylation sites (N-methyl/N-ethyl adjacent to an activating group) is 1. The Morgan fingerprint density at radius 3 is 2.39 bits per heavy atom. The van der Waals surface area contributed by atoms with Gasteiger partial charge in [0.1, 0.15) is 0 Å². The van der Waals surface area contributed by atoms with Crippen molar-refractivity contribution in [1.29, 1.82) is 0 Å². The quantitative estimate of drug-likeness (QED) is 0.857. The van der Waals surface area contributed by atoms with Crippen LogP contribution in [0.3, 0.4) is 0 Å². The standard InChI is InChI=1S/C16H26N2/c1-12-7-14(3)16(8-13(12)2)5-6-18(4)11-15-9-17-10-15/h7-8,15,17H,5-6,9-11H2,1-4H3. The molecule has 2 heteroatoms. The number of nitrogens with one attached hydrogen (secondary N) is 1. The molecule has 1 aliphatic rings. The molecular weight excluding hydrogens is 220 g/mol. The number of nitrogens with zero attached hydrogens (tertiary/aromatic N) is 1. The number of hydrogen-bond donors (Lipinski definition) is 1. The van der Waals surface area contributed by atoms with Crippen molar-refractivity contribution in [2.45, 2.75) is 27.2 Å². The predicted octanol–water partition coefficient (Wildman–Crippen LogP) is 2.31. The SMILES string of the molecule is Cc1cc(C)c(CCN(C)CC2CNC2)cc1C. The normalized spacial score (nSPS) is 16.1. The average molecular weight is 246 g/mol. The molecule has 1 aromatic rings. The molecule has 1 aliphatic heterocycles. The lowest BCUT2D eigenvalue weighted by Crippen LogP contribution is -2.47. The molecule has 2 rings (SSSR count). The van der Waals surface area contributed by atoms with Crippen molar-refractivity contribution in [3.8, 4) is 0 Å². The molecule has 1 aromatic carbocycles. The second-order valence-electron chi connectivity index (χ2n) is 5.90. The van der Waals surface area contributed by atoms with Crippen molar-refractivity contribution < 1.29 is 0 Å². The Balaban J connectivity index is 1.87. The van der Waals surface area contributed by atoms with E-state index >= 15 is 0 Å². The van der Waals surface area contributed by atoms with Crippen LogP contribution in [0.1, 0.15) is 22.3 Å². The van der Waals surface area contributed by atoms with Crippen LogP contribution in [-0.4, -0.2) is 38.1 Å². The second-order valence-corrected chi connectivity index (χ2v) is 5.90. The van der Waals surface area contributed by atoms with E-state index in [4.69, 9.17) is 0 Å². The van der Waals surface area contributed by atoms with Gasteiger partial charge in [0.15, 0.2) is 0 Å². The van der Waals surface area contributed by atoms with Crippen LogP contribution in [0.5, 0.6) is 0 Å². The van der Waals surface area contributed by atoms with Gasteiger partial charge in [-0.2, -0.15) is 0 Å². The minimum Gasteiger partial charge on any atom is -0.316 e. The molecule has 0 bridgehead atoms. The molecule has 1 N–H and O–H groups in total. The van der Waals surface area contributed by atoms with Gasteiger partial charge in [0.2, 0.25) is 0 Å². The smallest absolute Gasteiger partial charge is 0.00311 e. The van der Waals surface area contributed by atoms with E-state index in [1.165, 1.54) is 54.9 Å². The van der Waals surface area contributed by atoms with E-state index in [0.717, 1.165) is 5.92 Å². The first-order chi connectivity index (χ1) is 8.56. The van der Waals surface area contributed by atoms with E-state index in [1.807, 2.05) is 0 Å². The molecule has 2 nitrogen and oxygen atoms in total. The third kappa shape index (κ3) is 3.33. The van der Waals surface area contributed by atoms with Gasteiger partial charge in [-0.25, -0.2) is 0 Å². The summed E-state index contributed by atoms with van der Waals surface area (Å²) in [6, 6.07) is 4.68. The highest BCUT2D eigenvalue weighted by Crippen LogP contribution is 2.16. The molecule has 0 radical (unpaired) electrons. The number of benzene rings is 1. The van der Waals surface area contributed by atoms with Gasteiger partial charge in [-0.3, -0.25) is 0 Å². The first-order valence-corrected chi connectivity index (χ1v) is 7.02. The van der Waals surface area contributed by atoms with Gasteiger partial charge < -0.3 is 10.2 Å². The van der Waals surface area contributed by atoms with Crippen molar-refractivity contribution in [3.63, 3.8) is 0 Å². The van der Waals surface area contributed by atoms with Gasteiger partial charge >= 0.3 is 0 Å². The fourth-order valence-corrected chi connectivity index (χ4v) is 2.61. The van der Waals surface area contributed by atoms with Crippen LogP contribution < -0.4 is 5.32 Å². The molecular formula is C16H26N2. The Hall–Kier alpha value is -0.860. The highest BCUT2D eigenvalue weighted by atomic mass is 15.1. The van der Waals surface area contributed by atoms with Crippen molar-refractivity contribution in [1.82, 2.24) is 10.2 Å². The molecule has 0 atom stereocenters. The molecule has 0 saturated carbocycles. The molecule has 0 spiro atoms. The predicted molar refractivity (Wildman–Crippen MR) is 78.2 cm³/mol. The maximum absolute atomic E-state index is 3.34. The molecule has 1 saturated heterocycles. The zero-order chi connectivity index (χ0) is 13.1. The summed E-state index contributed by atoms with van der Waals surface area (Å²) >= 11 is 0. The van der Waals surface area contributed by atoms with Crippen LogP contribution in [-0.2, 0) is 6.42 Å². The fraction of sp³-hybridized carbons (Fsp3) is 0.625. The van der Waals surface area contributed by atoms with Crippen LogP contribution in [0.4, 0.5) is 0 Å². The van der Waals surface area contributed by atoms with Gasteiger partial charge in [0, 0.05) is 26.2 Å². The highest BCUT2D eigenvalue weighted by Gasteiger charge is 2.18. The summed E-state index contributed by atoms with van der Waals surface area (Å²) in [7, 11) is 2.24. The van der Waals surface area contributed by atoms with Crippen LogP contribution in [0.2, 0.25) is 0 Å².